The van der Waals surface area contributed by atoms with Gasteiger partial charge in [-0.25, -0.2) is 0 Å². The van der Waals surface area contributed by atoms with Gasteiger partial charge in [0.05, 0.1) is 0 Å². The molecular formula is C12H11BrN2O. The van der Waals surface area contributed by atoms with Crippen LogP contribution in [0.3, 0.4) is 0 Å². The van der Waals surface area contributed by atoms with Crippen LogP contribution >= 0.6 is 15.9 Å². The van der Waals surface area contributed by atoms with Crippen LogP contribution < -0.4 is 0 Å². The fraction of sp³-hybridized carbons (Fsp3) is 0.167. The Kier molecular flexibility index (Phi) is 3.31. The van der Waals surface area contributed by atoms with Gasteiger partial charge < -0.3 is 5.11 Å². The average molecular weight is 279 g/mol. The maximum atomic E-state index is 10.1. The van der Waals surface area contributed by atoms with E-state index in [4.69, 9.17) is 0 Å². The van der Waals surface area contributed by atoms with Crippen molar-refractivity contribution in [3.63, 3.8) is 0 Å². The standard InChI is InChI=1S/C12H11BrN2O/c1-8-2-3-9(6-15-8)12(16)10-4-11(13)7-14-5-10/h2-7,12,16H,1H3. The summed E-state index contributed by atoms with van der Waals surface area (Å²) in [5.74, 6) is 0. The summed E-state index contributed by atoms with van der Waals surface area (Å²) in [5, 5.41) is 10.1. The van der Waals surface area contributed by atoms with Gasteiger partial charge in [0.15, 0.2) is 0 Å². The normalized spacial score (nSPS) is 12.4. The molecule has 0 radical (unpaired) electrons. The molecule has 1 atom stereocenters. The maximum absolute atomic E-state index is 10.1. The number of rotatable bonds is 2. The lowest BCUT2D eigenvalue weighted by atomic mass is 10.1. The van der Waals surface area contributed by atoms with Gasteiger partial charge in [0.25, 0.3) is 0 Å². The number of hydrogen-bond donors (Lipinski definition) is 1. The molecule has 0 amide bonds. The van der Waals surface area contributed by atoms with Crippen molar-refractivity contribution in [2.75, 3.05) is 0 Å². The molecule has 0 aliphatic rings. The minimum absolute atomic E-state index is 0.682. The zero-order valence-corrected chi connectivity index (χ0v) is 10.3. The number of aryl methyl sites for hydroxylation is 1. The lowest BCUT2D eigenvalue weighted by molar-refractivity contribution is 0.219. The van der Waals surface area contributed by atoms with Gasteiger partial charge in [-0.1, -0.05) is 6.07 Å². The van der Waals surface area contributed by atoms with E-state index < -0.39 is 6.10 Å². The van der Waals surface area contributed by atoms with Gasteiger partial charge in [0.1, 0.15) is 6.10 Å². The van der Waals surface area contributed by atoms with Crippen LogP contribution in [-0.2, 0) is 0 Å². The lowest BCUT2D eigenvalue weighted by Gasteiger charge is -2.10. The number of aliphatic hydroxyl groups excluding tert-OH is 1. The Morgan fingerprint density at radius 3 is 2.62 bits per heavy atom. The molecule has 4 heteroatoms. The van der Waals surface area contributed by atoms with Crippen molar-refractivity contribution in [2.24, 2.45) is 0 Å². The van der Waals surface area contributed by atoms with Crippen LogP contribution in [0.15, 0.2) is 41.3 Å². The minimum atomic E-state index is -0.682. The first-order valence-corrected chi connectivity index (χ1v) is 5.67. The summed E-state index contributed by atoms with van der Waals surface area (Å²) in [6.07, 6.45) is 4.33. The van der Waals surface area contributed by atoms with Gasteiger partial charge in [0.2, 0.25) is 0 Å². The van der Waals surface area contributed by atoms with Crippen molar-refractivity contribution in [1.29, 1.82) is 0 Å². The summed E-state index contributed by atoms with van der Waals surface area (Å²) in [4.78, 5) is 8.18. The Bertz CT molecular complexity index is 485. The van der Waals surface area contributed by atoms with Crippen molar-refractivity contribution in [2.45, 2.75) is 13.0 Å². The van der Waals surface area contributed by atoms with Crippen molar-refractivity contribution >= 4 is 15.9 Å². The molecule has 0 fully saturated rings. The number of aromatic nitrogens is 2. The number of nitrogens with zero attached hydrogens (tertiary/aromatic N) is 2. The summed E-state index contributed by atoms with van der Waals surface area (Å²) in [7, 11) is 0. The largest absolute Gasteiger partial charge is 0.384 e. The molecule has 0 aromatic carbocycles. The second kappa shape index (κ2) is 4.72. The zero-order valence-electron chi connectivity index (χ0n) is 8.76. The molecule has 3 nitrogen and oxygen atoms in total. The molecule has 0 saturated carbocycles. The minimum Gasteiger partial charge on any atom is -0.384 e. The van der Waals surface area contributed by atoms with E-state index in [2.05, 4.69) is 25.9 Å². The first kappa shape index (κ1) is 11.2. The zero-order chi connectivity index (χ0) is 11.5. The van der Waals surface area contributed by atoms with Gasteiger partial charge in [-0.3, -0.25) is 9.97 Å². The lowest BCUT2D eigenvalue weighted by Crippen LogP contribution is -2.01. The number of aliphatic hydroxyl groups is 1. The molecule has 82 valence electrons. The van der Waals surface area contributed by atoms with E-state index in [-0.39, 0.29) is 0 Å². The third-order valence-electron chi connectivity index (χ3n) is 2.29. The summed E-state index contributed by atoms with van der Waals surface area (Å²) in [6, 6.07) is 5.59. The second-order valence-corrected chi connectivity index (χ2v) is 4.49. The second-order valence-electron chi connectivity index (χ2n) is 3.57. The predicted molar refractivity (Wildman–Crippen MR) is 65.0 cm³/mol. The highest BCUT2D eigenvalue weighted by molar-refractivity contribution is 9.10. The molecule has 0 aliphatic heterocycles. The molecule has 2 heterocycles. The van der Waals surface area contributed by atoms with Crippen molar-refractivity contribution in [1.82, 2.24) is 9.97 Å². The summed E-state index contributed by atoms with van der Waals surface area (Å²) in [5.41, 5.74) is 2.45. The van der Waals surface area contributed by atoms with Crippen molar-refractivity contribution in [3.8, 4) is 0 Å². The molecule has 1 N–H and O–H groups in total. The van der Waals surface area contributed by atoms with Gasteiger partial charge in [-0.15, -0.1) is 0 Å². The Morgan fingerprint density at radius 1 is 1.19 bits per heavy atom. The van der Waals surface area contributed by atoms with Crippen LogP contribution in [0.5, 0.6) is 0 Å². The van der Waals surface area contributed by atoms with Gasteiger partial charge >= 0.3 is 0 Å². The Morgan fingerprint density at radius 2 is 2.00 bits per heavy atom. The molecule has 16 heavy (non-hydrogen) atoms. The van der Waals surface area contributed by atoms with E-state index >= 15 is 0 Å². The number of pyridine rings is 2. The highest BCUT2D eigenvalue weighted by Crippen LogP contribution is 2.22. The summed E-state index contributed by atoms with van der Waals surface area (Å²) < 4.78 is 0.851. The Labute approximate surface area is 102 Å². The van der Waals surface area contributed by atoms with Crippen LogP contribution in [0, 0.1) is 6.92 Å². The fourth-order valence-electron chi connectivity index (χ4n) is 1.41. The van der Waals surface area contributed by atoms with E-state index in [1.807, 2.05) is 25.1 Å². The molecule has 2 rings (SSSR count). The molecular weight excluding hydrogens is 268 g/mol. The smallest absolute Gasteiger partial charge is 0.107 e. The molecule has 0 aliphatic carbocycles. The highest BCUT2D eigenvalue weighted by atomic mass is 79.9. The topological polar surface area (TPSA) is 46.0 Å². The molecule has 0 spiro atoms. The number of halogens is 1. The third kappa shape index (κ3) is 2.46. The predicted octanol–water partition coefficient (Wildman–Crippen LogP) is 2.63. The van der Waals surface area contributed by atoms with Gasteiger partial charge in [-0.2, -0.15) is 0 Å². The first-order valence-electron chi connectivity index (χ1n) is 4.88. The van der Waals surface area contributed by atoms with Crippen molar-refractivity contribution < 1.29 is 5.11 Å². The van der Waals surface area contributed by atoms with Gasteiger partial charge in [0, 0.05) is 39.9 Å². The molecule has 2 aromatic rings. The van der Waals surface area contributed by atoms with Gasteiger partial charge in [-0.05, 0) is 35.0 Å². The third-order valence-corrected chi connectivity index (χ3v) is 2.73. The highest BCUT2D eigenvalue weighted by Gasteiger charge is 2.11. The van der Waals surface area contributed by atoms with Crippen molar-refractivity contribution in [3.05, 3.63) is 58.1 Å². The van der Waals surface area contributed by atoms with Crippen LogP contribution in [0.2, 0.25) is 0 Å². The molecule has 0 bridgehead atoms. The summed E-state index contributed by atoms with van der Waals surface area (Å²) >= 11 is 3.33. The number of hydrogen-bond acceptors (Lipinski definition) is 3. The summed E-state index contributed by atoms with van der Waals surface area (Å²) in [6.45, 7) is 1.91. The fourth-order valence-corrected chi connectivity index (χ4v) is 1.79. The Balaban J connectivity index is 2.31. The average Bonchev–Trinajstić information content (AvgIpc) is 2.29. The van der Waals surface area contributed by atoms with Crippen LogP contribution in [0.4, 0.5) is 0 Å². The molecule has 1 unspecified atom stereocenters. The van der Waals surface area contributed by atoms with Crippen LogP contribution in [-0.4, -0.2) is 15.1 Å². The molecule has 2 aromatic heterocycles. The van der Waals surface area contributed by atoms with E-state index in [0.29, 0.717) is 0 Å². The quantitative estimate of drug-likeness (QED) is 0.919. The first-order chi connectivity index (χ1) is 7.66. The maximum Gasteiger partial charge on any atom is 0.107 e. The Hall–Kier alpha value is -1.26. The van der Waals surface area contributed by atoms with E-state index in [0.717, 1.165) is 21.3 Å². The van der Waals surface area contributed by atoms with Crippen LogP contribution in [0.25, 0.3) is 0 Å². The van der Waals surface area contributed by atoms with E-state index in [1.54, 1.807) is 18.6 Å². The van der Waals surface area contributed by atoms with Crippen LogP contribution in [0.1, 0.15) is 22.9 Å². The van der Waals surface area contributed by atoms with E-state index in [1.165, 1.54) is 0 Å². The molecule has 0 saturated heterocycles. The monoisotopic (exact) mass is 278 g/mol. The van der Waals surface area contributed by atoms with E-state index in [9.17, 15) is 5.11 Å². The SMILES string of the molecule is Cc1ccc(C(O)c2cncc(Br)c2)cn1.